The molecule has 28 heavy (non-hydrogen) atoms. The fourth-order valence-electron chi connectivity index (χ4n) is 2.56. The largest absolute Gasteiger partial charge is 0.486 e. The predicted octanol–water partition coefficient (Wildman–Crippen LogP) is 3.57. The van der Waals surface area contributed by atoms with E-state index >= 15 is 0 Å². The molecule has 0 spiro atoms. The molecule has 3 N–H and O–H groups in total. The van der Waals surface area contributed by atoms with Crippen molar-refractivity contribution in [3.05, 3.63) is 64.4 Å². The minimum absolute atomic E-state index is 0.139. The molecule has 0 saturated carbocycles. The van der Waals surface area contributed by atoms with Crippen LogP contribution in [0.25, 0.3) is 0 Å². The van der Waals surface area contributed by atoms with E-state index in [1.165, 1.54) is 16.4 Å². The molecule has 0 bridgehead atoms. The highest BCUT2D eigenvalue weighted by atomic mass is 35.5. The quantitative estimate of drug-likeness (QED) is 0.450. The maximum absolute atomic E-state index is 12.1. The fraction of sp³-hybridized carbons (Fsp3) is 0.211. The summed E-state index contributed by atoms with van der Waals surface area (Å²) in [6.45, 7) is 4.20. The third-order valence-corrected chi connectivity index (χ3v) is 4.92. The first-order chi connectivity index (χ1) is 13.4. The van der Waals surface area contributed by atoms with Crippen molar-refractivity contribution in [3.63, 3.8) is 0 Å². The molecule has 3 rings (SSSR count). The number of benzene rings is 2. The summed E-state index contributed by atoms with van der Waals surface area (Å²) in [4.78, 5) is 12.1. The Hall–Kier alpha value is -2.71. The number of nitrogens with two attached hydrogens (primary N) is 1. The van der Waals surface area contributed by atoms with Gasteiger partial charge in [0.15, 0.2) is 5.82 Å². The van der Waals surface area contributed by atoms with Gasteiger partial charge in [0.2, 0.25) is 11.1 Å². The number of aryl methyl sites for hydroxylation is 2. The predicted molar refractivity (Wildman–Crippen MR) is 111 cm³/mol. The van der Waals surface area contributed by atoms with Crippen molar-refractivity contribution >= 4 is 35.0 Å². The second kappa shape index (κ2) is 8.99. The molecule has 1 amide bonds. The Bertz CT molecular complexity index is 972. The number of thioether (sulfide) groups is 1. The number of hydrogen-bond acceptors (Lipinski definition) is 6. The molecule has 0 atom stereocenters. The van der Waals surface area contributed by atoms with Crippen molar-refractivity contribution in [1.29, 1.82) is 0 Å². The first kappa shape index (κ1) is 20.0. The van der Waals surface area contributed by atoms with E-state index in [1.807, 2.05) is 26.0 Å². The molecule has 7 nitrogen and oxygen atoms in total. The van der Waals surface area contributed by atoms with E-state index in [1.54, 1.807) is 24.3 Å². The van der Waals surface area contributed by atoms with Crippen LogP contribution >= 0.6 is 23.4 Å². The van der Waals surface area contributed by atoms with Gasteiger partial charge >= 0.3 is 0 Å². The van der Waals surface area contributed by atoms with E-state index in [-0.39, 0.29) is 18.3 Å². The Balaban J connectivity index is 1.54. The van der Waals surface area contributed by atoms with Gasteiger partial charge in [-0.2, -0.15) is 0 Å². The third kappa shape index (κ3) is 5.40. The fourth-order valence-corrected chi connectivity index (χ4v) is 3.43. The van der Waals surface area contributed by atoms with Crippen molar-refractivity contribution < 1.29 is 9.53 Å². The van der Waals surface area contributed by atoms with Gasteiger partial charge in [0.1, 0.15) is 12.4 Å². The highest BCUT2D eigenvalue weighted by Crippen LogP contribution is 2.20. The van der Waals surface area contributed by atoms with Crippen LogP contribution in [0.3, 0.4) is 0 Å². The van der Waals surface area contributed by atoms with Crippen LogP contribution in [0.15, 0.2) is 47.6 Å². The number of carbonyl (C=O) groups excluding carboxylic acids is 1. The number of nitrogens with zero attached hydrogens (tertiary/aromatic N) is 3. The summed E-state index contributed by atoms with van der Waals surface area (Å²) in [5, 5.41) is 11.8. The first-order valence-electron chi connectivity index (χ1n) is 8.49. The highest BCUT2D eigenvalue weighted by molar-refractivity contribution is 7.99. The van der Waals surface area contributed by atoms with Crippen molar-refractivity contribution in [1.82, 2.24) is 14.9 Å². The van der Waals surface area contributed by atoms with Gasteiger partial charge < -0.3 is 15.9 Å². The summed E-state index contributed by atoms with van der Waals surface area (Å²) in [6, 6.07) is 12.9. The molecule has 1 aromatic heterocycles. The topological polar surface area (TPSA) is 95.1 Å². The number of carbonyl (C=O) groups is 1. The van der Waals surface area contributed by atoms with Crippen LogP contribution in [-0.4, -0.2) is 26.5 Å². The number of amides is 1. The Morgan fingerprint density at radius 2 is 1.96 bits per heavy atom. The molecule has 1 heterocycles. The maximum atomic E-state index is 12.1. The van der Waals surface area contributed by atoms with E-state index in [9.17, 15) is 4.79 Å². The van der Waals surface area contributed by atoms with Gasteiger partial charge in [-0.3, -0.25) is 4.79 Å². The summed E-state index contributed by atoms with van der Waals surface area (Å²) in [5.74, 6) is 7.19. The van der Waals surface area contributed by atoms with Crippen molar-refractivity contribution in [2.24, 2.45) is 0 Å². The second-order valence-corrected chi connectivity index (χ2v) is 7.61. The standard InChI is InChI=1S/C19H20ClN5O2S/c1-12-6-13(2)8-16(7-12)27-10-17-23-24-19(25(17)21)28-11-18(26)22-15-5-3-4-14(20)9-15/h3-9H,10-11,21H2,1-2H3,(H,22,26). The Kier molecular flexibility index (Phi) is 6.43. The maximum Gasteiger partial charge on any atom is 0.234 e. The summed E-state index contributed by atoms with van der Waals surface area (Å²) < 4.78 is 7.09. The number of nitrogen functional groups attached to an aromatic ring is 1. The van der Waals surface area contributed by atoms with Crippen LogP contribution in [0.1, 0.15) is 17.0 Å². The molecule has 0 aliphatic rings. The van der Waals surface area contributed by atoms with Gasteiger partial charge in [-0.25, -0.2) is 4.68 Å². The van der Waals surface area contributed by atoms with E-state index in [2.05, 4.69) is 21.6 Å². The van der Waals surface area contributed by atoms with Crippen molar-refractivity contribution in [2.45, 2.75) is 25.6 Å². The minimum atomic E-state index is -0.191. The second-order valence-electron chi connectivity index (χ2n) is 6.23. The lowest BCUT2D eigenvalue weighted by Gasteiger charge is -2.08. The Morgan fingerprint density at radius 1 is 1.21 bits per heavy atom. The first-order valence-corrected chi connectivity index (χ1v) is 9.86. The van der Waals surface area contributed by atoms with E-state index < -0.39 is 0 Å². The van der Waals surface area contributed by atoms with Gasteiger partial charge in [-0.1, -0.05) is 35.5 Å². The lowest BCUT2D eigenvalue weighted by atomic mass is 10.1. The number of halogens is 1. The zero-order valence-corrected chi connectivity index (χ0v) is 17.0. The lowest BCUT2D eigenvalue weighted by Crippen LogP contribution is -2.18. The molecule has 3 aromatic rings. The summed E-state index contributed by atoms with van der Waals surface area (Å²) in [5.41, 5.74) is 2.87. The molecule has 2 aromatic carbocycles. The van der Waals surface area contributed by atoms with E-state index in [0.717, 1.165) is 16.9 Å². The number of aromatic nitrogens is 3. The number of rotatable bonds is 7. The molecular formula is C19H20ClN5O2S. The van der Waals surface area contributed by atoms with Crippen molar-refractivity contribution in [3.8, 4) is 5.75 Å². The molecule has 0 saturated heterocycles. The van der Waals surface area contributed by atoms with Gasteiger partial charge in [-0.05, 0) is 55.3 Å². The van der Waals surface area contributed by atoms with Gasteiger partial charge in [0, 0.05) is 10.7 Å². The third-order valence-electron chi connectivity index (χ3n) is 3.74. The van der Waals surface area contributed by atoms with Gasteiger partial charge in [0.25, 0.3) is 0 Å². The van der Waals surface area contributed by atoms with E-state index in [4.69, 9.17) is 22.2 Å². The zero-order chi connectivity index (χ0) is 20.1. The molecule has 146 valence electrons. The zero-order valence-electron chi connectivity index (χ0n) is 15.5. The van der Waals surface area contributed by atoms with Crippen LogP contribution in [-0.2, 0) is 11.4 Å². The van der Waals surface area contributed by atoms with Crippen LogP contribution in [0.2, 0.25) is 5.02 Å². The molecule has 0 aliphatic heterocycles. The number of nitrogens with one attached hydrogen (secondary N) is 1. The number of hydrogen-bond donors (Lipinski definition) is 2. The molecule has 0 radical (unpaired) electrons. The number of ether oxygens (including phenoxy) is 1. The normalized spacial score (nSPS) is 10.7. The highest BCUT2D eigenvalue weighted by Gasteiger charge is 2.13. The summed E-state index contributed by atoms with van der Waals surface area (Å²) >= 11 is 7.10. The average Bonchev–Trinajstić information content (AvgIpc) is 2.97. The minimum Gasteiger partial charge on any atom is -0.486 e. The lowest BCUT2D eigenvalue weighted by molar-refractivity contribution is -0.113. The van der Waals surface area contributed by atoms with Crippen molar-refractivity contribution in [2.75, 3.05) is 16.9 Å². The SMILES string of the molecule is Cc1cc(C)cc(OCc2nnc(SCC(=O)Nc3cccc(Cl)c3)n2N)c1. The van der Waals surface area contributed by atoms with Gasteiger partial charge in [0.05, 0.1) is 5.75 Å². The van der Waals surface area contributed by atoms with Crippen LogP contribution in [0.5, 0.6) is 5.75 Å². The van der Waals surface area contributed by atoms with Crippen LogP contribution < -0.4 is 15.9 Å². The molecule has 0 fully saturated rings. The van der Waals surface area contributed by atoms with Crippen LogP contribution in [0, 0.1) is 13.8 Å². The molecule has 0 aliphatic carbocycles. The monoisotopic (exact) mass is 417 g/mol. The molecule has 9 heteroatoms. The average molecular weight is 418 g/mol. The number of anilines is 1. The van der Waals surface area contributed by atoms with Crippen LogP contribution in [0.4, 0.5) is 5.69 Å². The summed E-state index contributed by atoms with van der Waals surface area (Å²) in [7, 11) is 0. The van der Waals surface area contributed by atoms with E-state index in [0.29, 0.717) is 21.7 Å². The molecule has 0 unspecified atom stereocenters. The Labute approximate surface area is 172 Å². The Morgan fingerprint density at radius 3 is 2.68 bits per heavy atom. The summed E-state index contributed by atoms with van der Waals surface area (Å²) in [6.07, 6.45) is 0. The molecular weight excluding hydrogens is 398 g/mol. The smallest absolute Gasteiger partial charge is 0.234 e. The van der Waals surface area contributed by atoms with Gasteiger partial charge in [-0.15, -0.1) is 10.2 Å².